The fraction of sp³-hybridized carbons (Fsp3) is 0.409. The van der Waals surface area contributed by atoms with Crippen LogP contribution in [0, 0.1) is 5.82 Å². The van der Waals surface area contributed by atoms with E-state index in [0.717, 1.165) is 30.9 Å². The molecule has 0 spiro atoms. The minimum absolute atomic E-state index is 0.228. The molecule has 1 atom stereocenters. The zero-order valence-corrected chi connectivity index (χ0v) is 17.1. The normalized spacial score (nSPS) is 15.6. The SMILES string of the molecule is COc1ccc([C@H](CNC(=S)NCc2ccc(F)cc2)N2CCCCC2)cc1. The van der Waals surface area contributed by atoms with Gasteiger partial charge in [0.1, 0.15) is 11.6 Å². The summed E-state index contributed by atoms with van der Waals surface area (Å²) in [7, 11) is 1.68. The molecule has 0 amide bonds. The number of nitrogens with zero attached hydrogens (tertiary/aromatic N) is 1. The van der Waals surface area contributed by atoms with Crippen LogP contribution in [0.4, 0.5) is 4.39 Å². The second-order valence-corrected chi connectivity index (χ2v) is 7.48. The Bertz CT molecular complexity index is 745. The number of thiocarbonyl (C=S) groups is 1. The molecule has 2 aromatic rings. The molecule has 0 aromatic heterocycles. The number of methoxy groups -OCH3 is 1. The molecule has 0 unspecified atom stereocenters. The highest BCUT2D eigenvalue weighted by Crippen LogP contribution is 2.25. The molecule has 0 saturated carbocycles. The van der Waals surface area contributed by atoms with Crippen molar-refractivity contribution < 1.29 is 9.13 Å². The van der Waals surface area contributed by atoms with Gasteiger partial charge in [-0.15, -0.1) is 0 Å². The minimum Gasteiger partial charge on any atom is -0.497 e. The van der Waals surface area contributed by atoms with E-state index in [1.165, 1.54) is 37.0 Å². The van der Waals surface area contributed by atoms with Crippen molar-refractivity contribution in [1.29, 1.82) is 0 Å². The van der Waals surface area contributed by atoms with E-state index in [-0.39, 0.29) is 11.9 Å². The quantitative estimate of drug-likeness (QED) is 0.685. The number of rotatable bonds is 7. The van der Waals surface area contributed by atoms with Crippen LogP contribution in [0.2, 0.25) is 0 Å². The van der Waals surface area contributed by atoms with Crippen molar-refractivity contribution in [2.45, 2.75) is 31.8 Å². The fourth-order valence-electron chi connectivity index (χ4n) is 3.55. The first-order chi connectivity index (χ1) is 13.7. The fourth-order valence-corrected chi connectivity index (χ4v) is 3.71. The number of nitrogens with one attached hydrogen (secondary N) is 2. The van der Waals surface area contributed by atoms with Gasteiger partial charge in [-0.05, 0) is 73.5 Å². The van der Waals surface area contributed by atoms with Gasteiger partial charge in [0.2, 0.25) is 0 Å². The summed E-state index contributed by atoms with van der Waals surface area (Å²) in [5.74, 6) is 0.638. The Morgan fingerprint density at radius 3 is 2.36 bits per heavy atom. The van der Waals surface area contributed by atoms with Gasteiger partial charge in [-0.2, -0.15) is 0 Å². The maximum Gasteiger partial charge on any atom is 0.166 e. The summed E-state index contributed by atoms with van der Waals surface area (Å²) in [4.78, 5) is 2.53. The summed E-state index contributed by atoms with van der Waals surface area (Å²) in [6, 6.07) is 15.0. The molecular weight excluding hydrogens is 373 g/mol. The molecular formula is C22H28FN3OS. The predicted octanol–water partition coefficient (Wildman–Crippen LogP) is 4.03. The van der Waals surface area contributed by atoms with Crippen LogP contribution in [0.1, 0.15) is 36.4 Å². The Labute approximate surface area is 172 Å². The van der Waals surface area contributed by atoms with E-state index >= 15 is 0 Å². The molecule has 1 heterocycles. The highest BCUT2D eigenvalue weighted by molar-refractivity contribution is 7.80. The van der Waals surface area contributed by atoms with Gasteiger partial charge in [-0.1, -0.05) is 30.7 Å². The van der Waals surface area contributed by atoms with Gasteiger partial charge in [0.25, 0.3) is 0 Å². The second-order valence-electron chi connectivity index (χ2n) is 7.08. The van der Waals surface area contributed by atoms with Crippen LogP contribution >= 0.6 is 12.2 Å². The zero-order chi connectivity index (χ0) is 19.8. The summed E-state index contributed by atoms with van der Waals surface area (Å²) in [5.41, 5.74) is 2.25. The third-order valence-electron chi connectivity index (χ3n) is 5.15. The van der Waals surface area contributed by atoms with Gasteiger partial charge < -0.3 is 15.4 Å². The minimum atomic E-state index is -0.228. The van der Waals surface area contributed by atoms with E-state index in [4.69, 9.17) is 17.0 Å². The number of benzene rings is 2. The molecule has 2 N–H and O–H groups in total. The Hall–Kier alpha value is -2.18. The van der Waals surface area contributed by atoms with Gasteiger partial charge in [0.05, 0.1) is 13.2 Å². The van der Waals surface area contributed by atoms with Gasteiger partial charge in [-0.3, -0.25) is 4.90 Å². The highest BCUT2D eigenvalue weighted by Gasteiger charge is 2.22. The van der Waals surface area contributed by atoms with Gasteiger partial charge >= 0.3 is 0 Å². The van der Waals surface area contributed by atoms with Crippen LogP contribution < -0.4 is 15.4 Å². The number of likely N-dealkylation sites (tertiary alicyclic amines) is 1. The van der Waals surface area contributed by atoms with Crippen LogP contribution in [0.3, 0.4) is 0 Å². The number of hydrogen-bond donors (Lipinski definition) is 2. The van der Waals surface area contributed by atoms with Crippen LogP contribution in [0.15, 0.2) is 48.5 Å². The third-order valence-corrected chi connectivity index (χ3v) is 5.44. The van der Waals surface area contributed by atoms with Crippen molar-refractivity contribution in [2.24, 2.45) is 0 Å². The molecule has 1 fully saturated rings. The largest absolute Gasteiger partial charge is 0.497 e. The molecule has 6 heteroatoms. The summed E-state index contributed by atoms with van der Waals surface area (Å²) in [5, 5.41) is 7.18. The lowest BCUT2D eigenvalue weighted by Gasteiger charge is -2.35. The van der Waals surface area contributed by atoms with Crippen molar-refractivity contribution in [2.75, 3.05) is 26.7 Å². The average Bonchev–Trinajstić information content (AvgIpc) is 2.74. The average molecular weight is 402 g/mol. The van der Waals surface area contributed by atoms with Gasteiger partial charge in [0, 0.05) is 13.1 Å². The first-order valence-corrected chi connectivity index (χ1v) is 10.2. The third kappa shape index (κ3) is 5.91. The molecule has 0 radical (unpaired) electrons. The topological polar surface area (TPSA) is 36.5 Å². The van der Waals surface area contributed by atoms with E-state index in [9.17, 15) is 4.39 Å². The van der Waals surface area contributed by atoms with Crippen molar-refractivity contribution >= 4 is 17.3 Å². The molecule has 3 rings (SSSR count). The maximum atomic E-state index is 13.0. The van der Waals surface area contributed by atoms with Crippen molar-refractivity contribution in [3.8, 4) is 5.75 Å². The van der Waals surface area contributed by atoms with Crippen LogP contribution in [0.25, 0.3) is 0 Å². The molecule has 28 heavy (non-hydrogen) atoms. The first kappa shape index (κ1) is 20.6. The van der Waals surface area contributed by atoms with Gasteiger partial charge in [0.15, 0.2) is 5.11 Å². The molecule has 1 saturated heterocycles. The summed E-state index contributed by atoms with van der Waals surface area (Å²) in [6.45, 7) is 3.52. The van der Waals surface area contributed by atoms with E-state index < -0.39 is 0 Å². The molecule has 150 valence electrons. The summed E-state index contributed by atoms with van der Waals surface area (Å²) in [6.07, 6.45) is 3.77. The van der Waals surface area contributed by atoms with E-state index in [1.807, 2.05) is 12.1 Å². The Morgan fingerprint density at radius 2 is 1.71 bits per heavy atom. The van der Waals surface area contributed by atoms with Crippen LogP contribution in [-0.4, -0.2) is 36.8 Å². The monoisotopic (exact) mass is 401 g/mol. The second kappa shape index (κ2) is 10.4. The lowest BCUT2D eigenvalue weighted by molar-refractivity contribution is 0.164. The molecule has 1 aliphatic heterocycles. The number of ether oxygens (including phenoxy) is 1. The number of hydrogen-bond acceptors (Lipinski definition) is 3. The molecule has 1 aliphatic rings. The summed E-state index contributed by atoms with van der Waals surface area (Å²) < 4.78 is 18.3. The van der Waals surface area contributed by atoms with Gasteiger partial charge in [-0.25, -0.2) is 4.39 Å². The molecule has 0 bridgehead atoms. The molecule has 4 nitrogen and oxygen atoms in total. The maximum absolute atomic E-state index is 13.0. The Kier molecular flexibility index (Phi) is 7.62. The molecule has 2 aromatic carbocycles. The lowest BCUT2D eigenvalue weighted by Crippen LogP contribution is -2.43. The molecule has 0 aliphatic carbocycles. The number of halogens is 1. The van der Waals surface area contributed by atoms with Crippen molar-refractivity contribution in [3.63, 3.8) is 0 Å². The smallest absolute Gasteiger partial charge is 0.166 e. The first-order valence-electron chi connectivity index (χ1n) is 9.80. The van der Waals surface area contributed by atoms with Crippen molar-refractivity contribution in [3.05, 3.63) is 65.5 Å². The lowest BCUT2D eigenvalue weighted by atomic mass is 10.0. The Balaban J connectivity index is 1.58. The zero-order valence-electron chi connectivity index (χ0n) is 16.3. The Morgan fingerprint density at radius 1 is 1.04 bits per heavy atom. The van der Waals surface area contributed by atoms with E-state index in [0.29, 0.717) is 11.7 Å². The van der Waals surface area contributed by atoms with E-state index in [2.05, 4.69) is 27.7 Å². The highest BCUT2D eigenvalue weighted by atomic mass is 32.1. The predicted molar refractivity (Wildman–Crippen MR) is 115 cm³/mol. The number of piperidine rings is 1. The standard InChI is InChI=1S/C22H28FN3OS/c1-27-20-11-7-18(8-12-20)21(26-13-3-2-4-14-26)16-25-22(28)24-15-17-5-9-19(23)10-6-17/h5-12,21H,2-4,13-16H2,1H3,(H2,24,25,28)/t21-/m0/s1. The van der Waals surface area contributed by atoms with E-state index in [1.54, 1.807) is 19.2 Å². The summed E-state index contributed by atoms with van der Waals surface area (Å²) >= 11 is 5.45. The van der Waals surface area contributed by atoms with Crippen LogP contribution in [0.5, 0.6) is 5.75 Å². The van der Waals surface area contributed by atoms with Crippen molar-refractivity contribution in [1.82, 2.24) is 15.5 Å². The van der Waals surface area contributed by atoms with Crippen LogP contribution in [-0.2, 0) is 6.54 Å².